The molecule has 4 heteroatoms. The SMILES string of the molecule is NC1=NC(=[N+]2CCCCC2)[Se]C1. The normalized spacial score (nSPS) is 24.5. The van der Waals surface area contributed by atoms with Crippen molar-refractivity contribution in [3.8, 4) is 0 Å². The van der Waals surface area contributed by atoms with E-state index in [0.717, 1.165) is 11.2 Å². The summed E-state index contributed by atoms with van der Waals surface area (Å²) in [7, 11) is 0. The van der Waals surface area contributed by atoms with Gasteiger partial charge in [0.2, 0.25) is 0 Å². The first-order valence-corrected chi connectivity index (χ1v) is 6.51. The van der Waals surface area contributed by atoms with Gasteiger partial charge in [-0.25, -0.2) is 0 Å². The molecule has 2 aliphatic heterocycles. The summed E-state index contributed by atoms with van der Waals surface area (Å²) in [5.41, 5.74) is 5.65. The molecule has 1 saturated heterocycles. The number of nitrogens with zero attached hydrogens (tertiary/aromatic N) is 2. The van der Waals surface area contributed by atoms with Gasteiger partial charge in [-0.05, 0) is 0 Å². The first kappa shape index (κ1) is 8.27. The van der Waals surface area contributed by atoms with E-state index >= 15 is 0 Å². The zero-order valence-corrected chi connectivity index (χ0v) is 8.84. The number of rotatable bonds is 0. The van der Waals surface area contributed by atoms with Gasteiger partial charge in [-0.2, -0.15) is 0 Å². The van der Waals surface area contributed by atoms with Gasteiger partial charge in [0.05, 0.1) is 0 Å². The first-order chi connectivity index (χ1) is 5.86. The number of nitrogens with two attached hydrogens (primary N) is 1. The van der Waals surface area contributed by atoms with Crippen LogP contribution in [0.4, 0.5) is 0 Å². The standard InChI is InChI=1S/C8H13N3Se/c9-7-6-12-8(10-7)11-4-2-1-3-5-11/h9H,1-6H2/p+1. The van der Waals surface area contributed by atoms with Crippen LogP contribution in [-0.4, -0.2) is 43.2 Å². The Morgan fingerprint density at radius 1 is 1.25 bits per heavy atom. The van der Waals surface area contributed by atoms with Crippen molar-refractivity contribution < 1.29 is 4.58 Å². The van der Waals surface area contributed by atoms with Crippen LogP contribution in [0.15, 0.2) is 4.99 Å². The summed E-state index contributed by atoms with van der Waals surface area (Å²) < 4.78 is 3.71. The van der Waals surface area contributed by atoms with Crippen LogP contribution >= 0.6 is 0 Å². The molecule has 66 valence electrons. The van der Waals surface area contributed by atoms with Gasteiger partial charge in [-0.3, -0.25) is 0 Å². The van der Waals surface area contributed by atoms with E-state index in [1.165, 1.54) is 37.1 Å². The minimum absolute atomic E-state index is 0.529. The molecule has 0 aromatic heterocycles. The summed E-state index contributed by atoms with van der Waals surface area (Å²) in [6.45, 7) is 2.40. The summed E-state index contributed by atoms with van der Waals surface area (Å²) in [5.74, 6) is 0.843. The van der Waals surface area contributed by atoms with Crippen molar-refractivity contribution in [3.05, 3.63) is 0 Å². The number of amidine groups is 2. The van der Waals surface area contributed by atoms with Gasteiger partial charge in [-0.1, -0.05) is 0 Å². The average molecular weight is 231 g/mol. The average Bonchev–Trinajstić information content (AvgIpc) is 2.54. The van der Waals surface area contributed by atoms with Crippen LogP contribution in [0.2, 0.25) is 5.32 Å². The quantitative estimate of drug-likeness (QED) is 0.464. The Morgan fingerprint density at radius 2 is 2.00 bits per heavy atom. The first-order valence-electron chi connectivity index (χ1n) is 4.44. The molecule has 0 radical (unpaired) electrons. The van der Waals surface area contributed by atoms with E-state index in [0.29, 0.717) is 15.0 Å². The summed E-state index contributed by atoms with van der Waals surface area (Å²) in [4.78, 5) is 4.38. The van der Waals surface area contributed by atoms with Crippen LogP contribution in [0, 0.1) is 0 Å². The van der Waals surface area contributed by atoms with E-state index in [1.807, 2.05) is 0 Å². The molecule has 0 unspecified atom stereocenters. The zero-order chi connectivity index (χ0) is 8.39. The Kier molecular flexibility index (Phi) is 2.47. The summed E-state index contributed by atoms with van der Waals surface area (Å²) >= 11 is 0.529. The predicted molar refractivity (Wildman–Crippen MR) is 51.0 cm³/mol. The molecule has 0 saturated carbocycles. The van der Waals surface area contributed by atoms with E-state index in [4.69, 9.17) is 5.73 Å². The van der Waals surface area contributed by atoms with Gasteiger partial charge >= 0.3 is 78.5 Å². The fraction of sp³-hybridized carbons (Fsp3) is 0.750. The molecule has 2 rings (SSSR count). The van der Waals surface area contributed by atoms with Crippen LogP contribution in [0.25, 0.3) is 0 Å². The van der Waals surface area contributed by atoms with Crippen LogP contribution < -0.4 is 5.73 Å². The second-order valence-corrected chi connectivity index (χ2v) is 5.20. The van der Waals surface area contributed by atoms with Crippen molar-refractivity contribution in [2.45, 2.75) is 24.6 Å². The number of piperidine rings is 1. The van der Waals surface area contributed by atoms with Crippen LogP contribution in [0.3, 0.4) is 0 Å². The Morgan fingerprint density at radius 3 is 2.58 bits per heavy atom. The van der Waals surface area contributed by atoms with Crippen molar-refractivity contribution in [3.63, 3.8) is 0 Å². The van der Waals surface area contributed by atoms with E-state index in [-0.39, 0.29) is 0 Å². The zero-order valence-electron chi connectivity index (χ0n) is 7.12. The van der Waals surface area contributed by atoms with Crippen molar-refractivity contribution in [1.82, 2.24) is 0 Å². The third-order valence-electron chi connectivity index (χ3n) is 2.21. The fourth-order valence-corrected chi connectivity index (χ4v) is 3.44. The predicted octanol–water partition coefficient (Wildman–Crippen LogP) is 0.0321. The molecule has 0 amide bonds. The number of hydrogen-bond donors (Lipinski definition) is 1. The molecule has 0 aromatic rings. The molecule has 0 aromatic carbocycles. The van der Waals surface area contributed by atoms with Crippen molar-refractivity contribution in [2.75, 3.05) is 13.1 Å². The van der Waals surface area contributed by atoms with Gasteiger partial charge in [0, 0.05) is 0 Å². The van der Waals surface area contributed by atoms with Gasteiger partial charge < -0.3 is 0 Å². The molecule has 3 nitrogen and oxygen atoms in total. The van der Waals surface area contributed by atoms with Crippen molar-refractivity contribution in [1.29, 1.82) is 0 Å². The third-order valence-corrected chi connectivity index (χ3v) is 4.41. The van der Waals surface area contributed by atoms with E-state index in [2.05, 4.69) is 9.57 Å². The van der Waals surface area contributed by atoms with Gasteiger partial charge in [0.15, 0.2) is 0 Å². The maximum absolute atomic E-state index is 5.65. The Balaban J connectivity index is 2.13. The van der Waals surface area contributed by atoms with Crippen LogP contribution in [0.5, 0.6) is 0 Å². The second-order valence-electron chi connectivity index (χ2n) is 3.22. The molecule has 2 N–H and O–H groups in total. The molecule has 1 fully saturated rings. The topological polar surface area (TPSA) is 41.4 Å². The molecule has 12 heavy (non-hydrogen) atoms. The number of aliphatic imine (C=N–C) groups is 1. The van der Waals surface area contributed by atoms with Gasteiger partial charge in [-0.15, -0.1) is 0 Å². The monoisotopic (exact) mass is 232 g/mol. The third kappa shape index (κ3) is 1.70. The van der Waals surface area contributed by atoms with E-state index in [1.54, 1.807) is 0 Å². The van der Waals surface area contributed by atoms with Crippen molar-refractivity contribution >= 4 is 25.5 Å². The molecular formula is C8H14N3Se+. The van der Waals surface area contributed by atoms with Gasteiger partial charge in [0.25, 0.3) is 0 Å². The molecular weight excluding hydrogens is 217 g/mol. The molecule has 0 atom stereocenters. The fourth-order valence-electron chi connectivity index (χ4n) is 1.57. The Labute approximate surface area is 78.9 Å². The van der Waals surface area contributed by atoms with Crippen LogP contribution in [-0.2, 0) is 0 Å². The maximum atomic E-state index is 5.65. The Hall–Kier alpha value is -0.341. The summed E-state index contributed by atoms with van der Waals surface area (Å²) in [5, 5.41) is 1.03. The molecule has 2 aliphatic rings. The van der Waals surface area contributed by atoms with Crippen LogP contribution in [0.1, 0.15) is 19.3 Å². The molecule has 0 aliphatic carbocycles. The molecule has 2 heterocycles. The van der Waals surface area contributed by atoms with E-state index < -0.39 is 0 Å². The van der Waals surface area contributed by atoms with Gasteiger partial charge in [0.1, 0.15) is 0 Å². The molecule has 0 bridgehead atoms. The summed E-state index contributed by atoms with van der Waals surface area (Å²) in [6, 6.07) is 0. The van der Waals surface area contributed by atoms with Crippen molar-refractivity contribution in [2.24, 2.45) is 10.7 Å². The number of hydrogen-bond acceptors (Lipinski definition) is 1. The second kappa shape index (κ2) is 3.58. The minimum atomic E-state index is 0.529. The Bertz CT molecular complexity index is 237. The molecule has 0 spiro atoms. The van der Waals surface area contributed by atoms with E-state index in [9.17, 15) is 0 Å². The summed E-state index contributed by atoms with van der Waals surface area (Å²) in [6.07, 6.45) is 4.04.